The van der Waals surface area contributed by atoms with Gasteiger partial charge in [-0.3, -0.25) is 9.48 Å². The molecule has 8 heteroatoms. The number of para-hydroxylation sites is 1. The number of hydrogen-bond donors (Lipinski definition) is 1. The number of amides is 1. The molecular weight excluding hydrogens is 316 g/mol. The zero-order chi connectivity index (χ0) is 16.3. The minimum atomic E-state index is -2.92. The van der Waals surface area contributed by atoms with Crippen LogP contribution < -0.4 is 10.1 Å². The van der Waals surface area contributed by atoms with E-state index in [1.54, 1.807) is 32.2 Å². The molecule has 1 amide bonds. The maximum atomic E-state index is 12.3. The van der Waals surface area contributed by atoms with E-state index in [0.717, 1.165) is 0 Å². The molecule has 1 aromatic heterocycles. The van der Waals surface area contributed by atoms with Crippen LogP contribution in [0.25, 0.3) is 0 Å². The summed E-state index contributed by atoms with van der Waals surface area (Å²) in [4.78, 5) is 12.2. The van der Waals surface area contributed by atoms with E-state index in [-0.39, 0.29) is 23.0 Å². The first kappa shape index (κ1) is 16.2. The summed E-state index contributed by atoms with van der Waals surface area (Å²) in [5.74, 6) is -0.408. The number of carbonyl (C=O) groups excluding carboxylic acids is 1. The van der Waals surface area contributed by atoms with Gasteiger partial charge in [-0.1, -0.05) is 29.8 Å². The summed E-state index contributed by atoms with van der Waals surface area (Å²) >= 11 is 6.01. The second-order valence-corrected chi connectivity index (χ2v) is 4.90. The standard InChI is InChI=1S/C14H14ClF2N3O2/c1-8-11(12(15)20(2)19-8)13(21)18-7-9-5-3-4-6-10(9)22-14(16)17/h3-6,14H,7H2,1-2H3,(H,18,21). The van der Waals surface area contributed by atoms with Crippen LogP contribution in [0, 0.1) is 6.92 Å². The molecule has 1 heterocycles. The lowest BCUT2D eigenvalue weighted by Crippen LogP contribution is -2.24. The number of nitrogens with zero attached hydrogens (tertiary/aromatic N) is 2. The van der Waals surface area contributed by atoms with E-state index in [4.69, 9.17) is 11.6 Å². The molecule has 0 saturated heterocycles. The molecule has 0 atom stereocenters. The van der Waals surface area contributed by atoms with Crippen LogP contribution in [-0.2, 0) is 13.6 Å². The minimum Gasteiger partial charge on any atom is -0.434 e. The second-order valence-electron chi connectivity index (χ2n) is 4.54. The summed E-state index contributed by atoms with van der Waals surface area (Å²) in [5.41, 5.74) is 1.19. The Bertz CT molecular complexity index is 689. The van der Waals surface area contributed by atoms with Crippen molar-refractivity contribution in [3.63, 3.8) is 0 Å². The molecule has 118 valence electrons. The fourth-order valence-corrected chi connectivity index (χ4v) is 2.27. The van der Waals surface area contributed by atoms with Gasteiger partial charge in [-0.2, -0.15) is 13.9 Å². The predicted molar refractivity (Wildman–Crippen MR) is 77.2 cm³/mol. The summed E-state index contributed by atoms with van der Waals surface area (Å²) in [6.45, 7) is -1.23. The third-order valence-corrected chi connectivity index (χ3v) is 3.44. The van der Waals surface area contributed by atoms with Gasteiger partial charge >= 0.3 is 6.61 Å². The van der Waals surface area contributed by atoms with E-state index < -0.39 is 12.5 Å². The van der Waals surface area contributed by atoms with Crippen molar-refractivity contribution < 1.29 is 18.3 Å². The Morgan fingerprint density at radius 2 is 2.14 bits per heavy atom. The quantitative estimate of drug-likeness (QED) is 0.917. The smallest absolute Gasteiger partial charge is 0.387 e. The Labute approximate surface area is 130 Å². The zero-order valence-electron chi connectivity index (χ0n) is 11.9. The lowest BCUT2D eigenvalue weighted by molar-refractivity contribution is -0.0504. The molecule has 0 aliphatic heterocycles. The molecule has 0 saturated carbocycles. The summed E-state index contributed by atoms with van der Waals surface area (Å²) in [7, 11) is 1.62. The molecule has 0 spiro atoms. The van der Waals surface area contributed by atoms with Crippen molar-refractivity contribution in [1.29, 1.82) is 0 Å². The van der Waals surface area contributed by atoms with Crippen molar-refractivity contribution >= 4 is 17.5 Å². The first-order chi connectivity index (χ1) is 10.4. The lowest BCUT2D eigenvalue weighted by atomic mass is 10.2. The summed E-state index contributed by atoms with van der Waals surface area (Å²) < 4.78 is 30.5. The first-order valence-corrected chi connectivity index (χ1v) is 6.78. The third-order valence-electron chi connectivity index (χ3n) is 3.01. The van der Waals surface area contributed by atoms with Gasteiger partial charge in [-0.15, -0.1) is 0 Å². The van der Waals surface area contributed by atoms with Crippen LogP contribution in [0.15, 0.2) is 24.3 Å². The van der Waals surface area contributed by atoms with Gasteiger partial charge in [0.1, 0.15) is 10.9 Å². The van der Waals surface area contributed by atoms with Gasteiger partial charge in [0.05, 0.1) is 11.3 Å². The predicted octanol–water partition coefficient (Wildman–Crippen LogP) is 2.91. The van der Waals surface area contributed by atoms with Crippen LogP contribution in [-0.4, -0.2) is 22.3 Å². The number of rotatable bonds is 5. The lowest BCUT2D eigenvalue weighted by Gasteiger charge is -2.11. The topological polar surface area (TPSA) is 56.2 Å². The molecule has 0 bridgehead atoms. The molecule has 1 aromatic carbocycles. The van der Waals surface area contributed by atoms with E-state index in [1.165, 1.54) is 10.7 Å². The summed E-state index contributed by atoms with van der Waals surface area (Å²) in [6.07, 6.45) is 0. The van der Waals surface area contributed by atoms with Crippen molar-refractivity contribution in [2.24, 2.45) is 7.05 Å². The van der Waals surface area contributed by atoms with Gasteiger partial charge in [0.2, 0.25) is 0 Å². The number of alkyl halides is 2. The molecule has 0 fully saturated rings. The molecule has 2 aromatic rings. The maximum Gasteiger partial charge on any atom is 0.387 e. The fourth-order valence-electron chi connectivity index (χ4n) is 2.01. The van der Waals surface area contributed by atoms with Gasteiger partial charge in [0.25, 0.3) is 5.91 Å². The Balaban J connectivity index is 2.12. The van der Waals surface area contributed by atoms with Gasteiger partial charge in [0, 0.05) is 19.2 Å². The molecule has 5 nitrogen and oxygen atoms in total. The number of halogens is 3. The highest BCUT2D eigenvalue weighted by Crippen LogP contribution is 2.21. The first-order valence-electron chi connectivity index (χ1n) is 6.40. The van der Waals surface area contributed by atoms with E-state index >= 15 is 0 Å². The number of aryl methyl sites for hydroxylation is 2. The van der Waals surface area contributed by atoms with Gasteiger partial charge in [-0.25, -0.2) is 0 Å². The molecule has 2 rings (SSSR count). The maximum absolute atomic E-state index is 12.3. The van der Waals surface area contributed by atoms with E-state index in [9.17, 15) is 13.6 Å². The second kappa shape index (κ2) is 6.74. The van der Waals surface area contributed by atoms with Gasteiger partial charge in [0.15, 0.2) is 0 Å². The highest BCUT2D eigenvalue weighted by molar-refractivity contribution is 6.33. The number of ether oxygens (including phenoxy) is 1. The van der Waals surface area contributed by atoms with E-state index in [1.807, 2.05) is 0 Å². The average molecular weight is 330 g/mol. The van der Waals surface area contributed by atoms with Crippen LogP contribution >= 0.6 is 11.6 Å². The zero-order valence-corrected chi connectivity index (χ0v) is 12.7. The van der Waals surface area contributed by atoms with Gasteiger partial charge < -0.3 is 10.1 Å². The average Bonchev–Trinajstić information content (AvgIpc) is 2.70. The fraction of sp³-hybridized carbons (Fsp3) is 0.286. The number of nitrogens with one attached hydrogen (secondary N) is 1. The van der Waals surface area contributed by atoms with Crippen LogP contribution in [0.1, 0.15) is 21.6 Å². The van der Waals surface area contributed by atoms with Gasteiger partial charge in [-0.05, 0) is 13.0 Å². The van der Waals surface area contributed by atoms with E-state index in [0.29, 0.717) is 11.3 Å². The third kappa shape index (κ3) is 3.54. The van der Waals surface area contributed by atoms with Crippen molar-refractivity contribution in [1.82, 2.24) is 15.1 Å². The molecule has 0 aliphatic carbocycles. The minimum absolute atomic E-state index is 0.0202. The molecule has 0 aliphatic rings. The Hall–Kier alpha value is -2.15. The normalized spacial score (nSPS) is 10.8. The van der Waals surface area contributed by atoms with Crippen LogP contribution in [0.4, 0.5) is 8.78 Å². The van der Waals surface area contributed by atoms with Crippen LogP contribution in [0.5, 0.6) is 5.75 Å². The highest BCUT2D eigenvalue weighted by Gasteiger charge is 2.19. The molecule has 22 heavy (non-hydrogen) atoms. The largest absolute Gasteiger partial charge is 0.434 e. The monoisotopic (exact) mass is 329 g/mol. The van der Waals surface area contributed by atoms with Crippen LogP contribution in [0.2, 0.25) is 5.15 Å². The molecule has 0 unspecified atom stereocenters. The van der Waals surface area contributed by atoms with Crippen molar-refractivity contribution in [2.45, 2.75) is 20.1 Å². The van der Waals surface area contributed by atoms with E-state index in [2.05, 4.69) is 15.2 Å². The SMILES string of the molecule is Cc1nn(C)c(Cl)c1C(=O)NCc1ccccc1OC(F)F. The Morgan fingerprint density at radius 1 is 1.45 bits per heavy atom. The number of aromatic nitrogens is 2. The van der Waals surface area contributed by atoms with Crippen molar-refractivity contribution in [3.8, 4) is 5.75 Å². The van der Waals surface area contributed by atoms with Crippen molar-refractivity contribution in [2.75, 3.05) is 0 Å². The van der Waals surface area contributed by atoms with Crippen LogP contribution in [0.3, 0.4) is 0 Å². The summed E-state index contributed by atoms with van der Waals surface area (Å²) in [6, 6.07) is 6.25. The number of carbonyl (C=O) groups is 1. The Kier molecular flexibility index (Phi) is 4.97. The highest BCUT2D eigenvalue weighted by atomic mass is 35.5. The number of benzene rings is 1. The molecular formula is C14H14ClF2N3O2. The van der Waals surface area contributed by atoms with Crippen molar-refractivity contribution in [3.05, 3.63) is 46.2 Å². The molecule has 1 N–H and O–H groups in total. The Morgan fingerprint density at radius 3 is 2.73 bits per heavy atom. The summed E-state index contributed by atoms with van der Waals surface area (Å²) in [5, 5.41) is 6.88. The number of hydrogen-bond acceptors (Lipinski definition) is 3. The molecule has 0 radical (unpaired) electrons.